The molecule has 5 heteroatoms. The molecule has 0 aromatic heterocycles. The van der Waals surface area contributed by atoms with Gasteiger partial charge in [-0.3, -0.25) is 14.5 Å². The minimum Gasteiger partial charge on any atom is -0.481 e. The SMILES string of the molecule is CCCC1(C(=O)O)CCCN(C(C)C(=O)NCC(C)C)C1. The molecule has 0 aromatic rings. The zero-order valence-electron chi connectivity index (χ0n) is 13.8. The van der Waals surface area contributed by atoms with Gasteiger partial charge in [-0.15, -0.1) is 0 Å². The minimum absolute atomic E-state index is 0.00128. The number of piperidine rings is 1. The van der Waals surface area contributed by atoms with E-state index in [4.69, 9.17) is 0 Å². The molecule has 0 spiro atoms. The van der Waals surface area contributed by atoms with E-state index in [1.165, 1.54) is 0 Å². The molecule has 2 N–H and O–H groups in total. The summed E-state index contributed by atoms with van der Waals surface area (Å²) < 4.78 is 0. The first kappa shape index (κ1) is 18.0. The Bertz CT molecular complexity index is 367. The fraction of sp³-hybridized carbons (Fsp3) is 0.875. The Kier molecular flexibility index (Phi) is 6.65. The van der Waals surface area contributed by atoms with Crippen LogP contribution in [0.1, 0.15) is 53.4 Å². The number of carbonyl (C=O) groups excluding carboxylic acids is 1. The van der Waals surface area contributed by atoms with Crippen molar-refractivity contribution >= 4 is 11.9 Å². The topological polar surface area (TPSA) is 69.6 Å². The Labute approximate surface area is 128 Å². The average molecular weight is 298 g/mol. The quantitative estimate of drug-likeness (QED) is 0.755. The molecule has 0 saturated carbocycles. The summed E-state index contributed by atoms with van der Waals surface area (Å²) in [7, 11) is 0. The van der Waals surface area contributed by atoms with Crippen molar-refractivity contribution in [3.05, 3.63) is 0 Å². The molecule has 5 nitrogen and oxygen atoms in total. The van der Waals surface area contributed by atoms with Crippen molar-refractivity contribution in [2.75, 3.05) is 19.6 Å². The van der Waals surface area contributed by atoms with E-state index in [1.54, 1.807) is 0 Å². The van der Waals surface area contributed by atoms with Gasteiger partial charge in [0.05, 0.1) is 11.5 Å². The number of hydrogen-bond acceptors (Lipinski definition) is 3. The van der Waals surface area contributed by atoms with Crippen molar-refractivity contribution in [2.45, 2.75) is 59.4 Å². The zero-order valence-corrected chi connectivity index (χ0v) is 13.8. The molecule has 2 atom stereocenters. The van der Waals surface area contributed by atoms with Crippen molar-refractivity contribution in [1.82, 2.24) is 10.2 Å². The van der Waals surface area contributed by atoms with Crippen LogP contribution in [0, 0.1) is 11.3 Å². The molecular formula is C16H30N2O3. The number of hydrogen-bond donors (Lipinski definition) is 2. The molecule has 2 unspecified atom stereocenters. The van der Waals surface area contributed by atoms with Crippen molar-refractivity contribution in [3.63, 3.8) is 0 Å². The fourth-order valence-corrected chi connectivity index (χ4v) is 3.08. The van der Waals surface area contributed by atoms with Crippen LogP contribution in [0.4, 0.5) is 0 Å². The van der Waals surface area contributed by atoms with E-state index < -0.39 is 11.4 Å². The number of nitrogens with zero attached hydrogens (tertiary/aromatic N) is 1. The zero-order chi connectivity index (χ0) is 16.0. The Morgan fingerprint density at radius 1 is 1.33 bits per heavy atom. The fourth-order valence-electron chi connectivity index (χ4n) is 3.08. The van der Waals surface area contributed by atoms with Gasteiger partial charge in [0, 0.05) is 13.1 Å². The number of carbonyl (C=O) groups is 2. The highest BCUT2D eigenvalue weighted by molar-refractivity contribution is 5.81. The Hall–Kier alpha value is -1.10. The van der Waals surface area contributed by atoms with Gasteiger partial charge in [-0.2, -0.15) is 0 Å². The normalized spacial score (nSPS) is 24.8. The predicted molar refractivity (Wildman–Crippen MR) is 83.1 cm³/mol. The summed E-state index contributed by atoms with van der Waals surface area (Å²) in [5.41, 5.74) is -0.681. The lowest BCUT2D eigenvalue weighted by Gasteiger charge is -2.42. The van der Waals surface area contributed by atoms with Crippen LogP contribution in [0.5, 0.6) is 0 Å². The number of nitrogens with one attached hydrogen (secondary N) is 1. The van der Waals surface area contributed by atoms with E-state index >= 15 is 0 Å². The van der Waals surface area contributed by atoms with E-state index in [-0.39, 0.29) is 11.9 Å². The summed E-state index contributed by atoms with van der Waals surface area (Å²) in [6.45, 7) is 9.95. The van der Waals surface area contributed by atoms with E-state index in [0.717, 1.165) is 19.4 Å². The molecule has 122 valence electrons. The van der Waals surface area contributed by atoms with Crippen molar-refractivity contribution in [1.29, 1.82) is 0 Å². The van der Waals surface area contributed by atoms with Gasteiger partial charge >= 0.3 is 5.97 Å². The lowest BCUT2D eigenvalue weighted by atomic mass is 9.76. The van der Waals surface area contributed by atoms with Gasteiger partial charge in [0.1, 0.15) is 0 Å². The number of aliphatic carboxylic acids is 1. The maximum atomic E-state index is 12.2. The van der Waals surface area contributed by atoms with Crippen LogP contribution in [0.3, 0.4) is 0 Å². The standard InChI is InChI=1S/C16H30N2O3/c1-5-7-16(15(20)21)8-6-9-18(11-16)13(4)14(19)17-10-12(2)3/h12-13H,5-11H2,1-4H3,(H,17,19)(H,20,21). The van der Waals surface area contributed by atoms with Gasteiger partial charge < -0.3 is 10.4 Å². The van der Waals surface area contributed by atoms with Gasteiger partial charge in [-0.25, -0.2) is 0 Å². The first-order chi connectivity index (χ1) is 9.82. The highest BCUT2D eigenvalue weighted by atomic mass is 16.4. The molecule has 0 radical (unpaired) electrons. The van der Waals surface area contributed by atoms with Crippen LogP contribution < -0.4 is 5.32 Å². The van der Waals surface area contributed by atoms with Crippen molar-refractivity contribution in [3.8, 4) is 0 Å². The molecule has 0 bridgehead atoms. The van der Waals surface area contributed by atoms with Crippen LogP contribution in [0.2, 0.25) is 0 Å². The first-order valence-electron chi connectivity index (χ1n) is 8.07. The summed E-state index contributed by atoms with van der Waals surface area (Å²) in [6.07, 6.45) is 3.09. The molecule has 1 aliphatic rings. The third kappa shape index (κ3) is 4.70. The molecular weight excluding hydrogens is 268 g/mol. The molecule has 0 aliphatic carbocycles. The van der Waals surface area contributed by atoms with Crippen LogP contribution in [-0.2, 0) is 9.59 Å². The number of likely N-dealkylation sites (tertiary alicyclic amines) is 1. The predicted octanol–water partition coefficient (Wildman–Crippen LogP) is 2.11. The van der Waals surface area contributed by atoms with E-state index in [1.807, 2.05) is 18.7 Å². The summed E-state index contributed by atoms with van der Waals surface area (Å²) in [6, 6.07) is -0.264. The molecule has 0 aromatic carbocycles. The second-order valence-electron chi connectivity index (χ2n) is 6.72. The monoisotopic (exact) mass is 298 g/mol. The lowest BCUT2D eigenvalue weighted by Crippen LogP contribution is -2.54. The molecule has 1 fully saturated rings. The summed E-state index contributed by atoms with van der Waals surface area (Å²) in [4.78, 5) is 25.9. The molecule has 1 amide bonds. The molecule has 1 heterocycles. The Morgan fingerprint density at radius 2 is 2.00 bits per heavy atom. The average Bonchev–Trinajstić information content (AvgIpc) is 2.44. The molecule has 1 saturated heterocycles. The van der Waals surface area contributed by atoms with Crippen LogP contribution in [0.15, 0.2) is 0 Å². The van der Waals surface area contributed by atoms with Gasteiger partial charge in [-0.1, -0.05) is 27.2 Å². The van der Waals surface area contributed by atoms with Crippen LogP contribution in [0.25, 0.3) is 0 Å². The summed E-state index contributed by atoms with van der Waals surface area (Å²) in [5.74, 6) is -0.300. The van der Waals surface area contributed by atoms with Crippen LogP contribution in [-0.4, -0.2) is 47.6 Å². The first-order valence-corrected chi connectivity index (χ1v) is 8.07. The third-order valence-corrected chi connectivity index (χ3v) is 4.40. The third-order valence-electron chi connectivity index (χ3n) is 4.40. The van der Waals surface area contributed by atoms with Gasteiger partial charge in [-0.05, 0) is 38.6 Å². The number of amides is 1. The smallest absolute Gasteiger partial charge is 0.310 e. The van der Waals surface area contributed by atoms with Gasteiger partial charge in [0.2, 0.25) is 5.91 Å². The van der Waals surface area contributed by atoms with E-state index in [0.29, 0.717) is 31.8 Å². The highest BCUT2D eigenvalue weighted by Crippen LogP contribution is 2.35. The van der Waals surface area contributed by atoms with Crippen molar-refractivity contribution < 1.29 is 14.7 Å². The second-order valence-corrected chi connectivity index (χ2v) is 6.72. The second kappa shape index (κ2) is 7.78. The number of rotatable bonds is 7. The maximum absolute atomic E-state index is 12.2. The maximum Gasteiger partial charge on any atom is 0.310 e. The largest absolute Gasteiger partial charge is 0.481 e. The summed E-state index contributed by atoms with van der Waals surface area (Å²) in [5, 5.41) is 12.5. The van der Waals surface area contributed by atoms with E-state index in [9.17, 15) is 14.7 Å². The van der Waals surface area contributed by atoms with Crippen LogP contribution >= 0.6 is 0 Å². The van der Waals surface area contributed by atoms with Crippen molar-refractivity contribution in [2.24, 2.45) is 11.3 Å². The van der Waals surface area contributed by atoms with E-state index in [2.05, 4.69) is 19.2 Å². The number of carboxylic acids is 1. The molecule has 21 heavy (non-hydrogen) atoms. The Morgan fingerprint density at radius 3 is 2.52 bits per heavy atom. The molecule has 1 rings (SSSR count). The highest BCUT2D eigenvalue weighted by Gasteiger charge is 2.43. The number of carboxylic acid groups (broad SMARTS) is 1. The Balaban J connectivity index is 2.70. The summed E-state index contributed by atoms with van der Waals surface area (Å²) >= 11 is 0. The minimum atomic E-state index is -0.719. The lowest BCUT2D eigenvalue weighted by molar-refractivity contribution is -0.155. The van der Waals surface area contributed by atoms with Gasteiger partial charge in [0.25, 0.3) is 0 Å². The molecule has 1 aliphatic heterocycles. The van der Waals surface area contributed by atoms with Gasteiger partial charge in [0.15, 0.2) is 0 Å².